The first-order valence-electron chi connectivity index (χ1n) is 8.28. The van der Waals surface area contributed by atoms with Crippen molar-refractivity contribution in [3.05, 3.63) is 65.7 Å². The number of likely N-dealkylation sites (N-methyl/N-ethyl adjacent to an activating group) is 1. The van der Waals surface area contributed by atoms with Crippen LogP contribution in [-0.4, -0.2) is 57.9 Å². The quantitative estimate of drug-likeness (QED) is 0.515. The molecule has 0 saturated heterocycles. The summed E-state index contributed by atoms with van der Waals surface area (Å²) in [6.45, 7) is 0. The van der Waals surface area contributed by atoms with E-state index in [2.05, 4.69) is 0 Å². The van der Waals surface area contributed by atoms with Crippen LogP contribution in [0.25, 0.3) is 0 Å². The van der Waals surface area contributed by atoms with Gasteiger partial charge < -0.3 is 9.64 Å². The van der Waals surface area contributed by atoms with Crippen LogP contribution >= 0.6 is 0 Å². The zero-order chi connectivity index (χ0) is 20.9. The lowest BCUT2D eigenvalue weighted by atomic mass is 10.1. The van der Waals surface area contributed by atoms with E-state index in [4.69, 9.17) is 9.57 Å². The van der Waals surface area contributed by atoms with Crippen molar-refractivity contribution in [3.63, 3.8) is 0 Å². The standard InChI is InChI=1S/C19H22N2O6S/c1-20(2)18(22)17(14-8-6-5-7-9-14)27-19(23)15-10-12-16(13-11-15)28(24,25)21(3)26-4/h5-13,17H,1-4H3/t17-/m0/s1. The molecule has 0 saturated carbocycles. The van der Waals surface area contributed by atoms with Crippen LogP contribution in [0, 0.1) is 0 Å². The minimum Gasteiger partial charge on any atom is -0.444 e. The Balaban J connectivity index is 2.26. The summed E-state index contributed by atoms with van der Waals surface area (Å²) < 4.78 is 30.5. The van der Waals surface area contributed by atoms with Gasteiger partial charge in [-0.1, -0.05) is 34.8 Å². The summed E-state index contributed by atoms with van der Waals surface area (Å²) in [5.74, 6) is -1.13. The maximum atomic E-state index is 12.5. The molecule has 0 aliphatic rings. The zero-order valence-electron chi connectivity index (χ0n) is 16.0. The van der Waals surface area contributed by atoms with Crippen LogP contribution in [-0.2, 0) is 24.4 Å². The van der Waals surface area contributed by atoms with E-state index in [1.807, 2.05) is 0 Å². The van der Waals surface area contributed by atoms with Gasteiger partial charge in [0.15, 0.2) is 0 Å². The average molecular weight is 406 g/mol. The number of hydrogen-bond donors (Lipinski definition) is 0. The number of benzene rings is 2. The summed E-state index contributed by atoms with van der Waals surface area (Å²) in [5, 5.41) is 0. The first kappa shape index (κ1) is 21.5. The molecule has 0 aliphatic heterocycles. The van der Waals surface area contributed by atoms with Crippen molar-refractivity contribution in [1.29, 1.82) is 0 Å². The molecular formula is C19H22N2O6S. The molecule has 150 valence electrons. The Hall–Kier alpha value is -2.75. The lowest BCUT2D eigenvalue weighted by molar-refractivity contribution is -0.138. The molecule has 0 bridgehead atoms. The number of ether oxygens (including phenoxy) is 1. The monoisotopic (exact) mass is 406 g/mol. The van der Waals surface area contributed by atoms with Crippen LogP contribution in [0.5, 0.6) is 0 Å². The van der Waals surface area contributed by atoms with Crippen molar-refractivity contribution in [2.45, 2.75) is 11.0 Å². The first-order valence-corrected chi connectivity index (χ1v) is 9.72. The van der Waals surface area contributed by atoms with Gasteiger partial charge in [-0.2, -0.15) is 0 Å². The Morgan fingerprint density at radius 2 is 1.50 bits per heavy atom. The largest absolute Gasteiger partial charge is 0.444 e. The summed E-state index contributed by atoms with van der Waals surface area (Å²) in [4.78, 5) is 31.0. The molecule has 0 fully saturated rings. The molecule has 0 aromatic heterocycles. The number of hydroxylamine groups is 1. The molecule has 0 radical (unpaired) electrons. The van der Waals surface area contributed by atoms with Gasteiger partial charge >= 0.3 is 5.97 Å². The molecule has 0 heterocycles. The number of sulfonamides is 1. The number of carbonyl (C=O) groups is 2. The highest BCUT2D eigenvalue weighted by atomic mass is 32.2. The Morgan fingerprint density at radius 3 is 2.00 bits per heavy atom. The van der Waals surface area contributed by atoms with Crippen molar-refractivity contribution < 1.29 is 27.6 Å². The number of nitrogens with zero attached hydrogens (tertiary/aromatic N) is 2. The predicted octanol–water partition coefficient (Wildman–Crippen LogP) is 1.85. The van der Waals surface area contributed by atoms with E-state index >= 15 is 0 Å². The van der Waals surface area contributed by atoms with Crippen LogP contribution in [0.1, 0.15) is 22.0 Å². The third kappa shape index (κ3) is 4.75. The highest BCUT2D eigenvalue weighted by Gasteiger charge is 2.27. The second kappa shape index (κ2) is 8.96. The SMILES string of the molecule is CON(C)S(=O)(=O)c1ccc(C(=O)O[C@H](C(=O)N(C)C)c2ccccc2)cc1. The Bertz CT molecular complexity index is 927. The molecule has 8 nitrogen and oxygen atoms in total. The summed E-state index contributed by atoms with van der Waals surface area (Å²) in [6.07, 6.45) is -1.10. The lowest BCUT2D eigenvalue weighted by Crippen LogP contribution is -2.31. The van der Waals surface area contributed by atoms with E-state index in [-0.39, 0.29) is 16.4 Å². The van der Waals surface area contributed by atoms with Crippen molar-refractivity contribution in [1.82, 2.24) is 9.37 Å². The molecule has 2 aromatic carbocycles. The second-order valence-corrected chi connectivity index (χ2v) is 7.99. The fourth-order valence-electron chi connectivity index (χ4n) is 2.31. The van der Waals surface area contributed by atoms with Gasteiger partial charge in [-0.3, -0.25) is 9.63 Å². The summed E-state index contributed by atoms with van der Waals surface area (Å²) in [7, 11) is 1.80. The van der Waals surface area contributed by atoms with E-state index in [0.29, 0.717) is 10.0 Å². The van der Waals surface area contributed by atoms with Gasteiger partial charge in [0.25, 0.3) is 15.9 Å². The normalized spacial score (nSPS) is 12.5. The number of rotatable bonds is 7. The third-order valence-corrected chi connectivity index (χ3v) is 5.67. The van der Waals surface area contributed by atoms with E-state index in [1.165, 1.54) is 43.3 Å². The van der Waals surface area contributed by atoms with Crippen molar-refractivity contribution in [3.8, 4) is 0 Å². The molecule has 0 N–H and O–H groups in total. The lowest BCUT2D eigenvalue weighted by Gasteiger charge is -2.21. The van der Waals surface area contributed by atoms with Crippen molar-refractivity contribution >= 4 is 21.9 Å². The van der Waals surface area contributed by atoms with Gasteiger partial charge in [-0.25, -0.2) is 13.2 Å². The fraction of sp³-hybridized carbons (Fsp3) is 0.263. The maximum absolute atomic E-state index is 12.5. The Labute approximate surface area is 164 Å². The van der Waals surface area contributed by atoms with E-state index in [9.17, 15) is 18.0 Å². The first-order chi connectivity index (χ1) is 13.2. The molecule has 1 atom stereocenters. The highest BCUT2D eigenvalue weighted by molar-refractivity contribution is 7.89. The van der Waals surface area contributed by atoms with E-state index < -0.39 is 22.1 Å². The fourth-order valence-corrected chi connectivity index (χ4v) is 3.28. The van der Waals surface area contributed by atoms with Gasteiger partial charge in [-0.05, 0) is 24.3 Å². The zero-order valence-corrected chi connectivity index (χ0v) is 16.8. The number of amides is 1. The minimum atomic E-state index is -3.82. The smallest absolute Gasteiger partial charge is 0.339 e. The number of hydrogen-bond acceptors (Lipinski definition) is 6. The Kier molecular flexibility index (Phi) is 6.90. The molecule has 0 spiro atoms. The van der Waals surface area contributed by atoms with Gasteiger partial charge in [0, 0.05) is 26.7 Å². The number of esters is 1. The number of carbonyl (C=O) groups excluding carboxylic acids is 2. The molecule has 2 rings (SSSR count). The van der Waals surface area contributed by atoms with Crippen LogP contribution in [0.2, 0.25) is 0 Å². The predicted molar refractivity (Wildman–Crippen MR) is 102 cm³/mol. The molecule has 28 heavy (non-hydrogen) atoms. The third-order valence-electron chi connectivity index (χ3n) is 3.98. The molecule has 0 unspecified atom stereocenters. The highest BCUT2D eigenvalue weighted by Crippen LogP contribution is 2.22. The van der Waals surface area contributed by atoms with E-state index in [0.717, 1.165) is 0 Å². The van der Waals surface area contributed by atoms with Gasteiger partial charge in [0.05, 0.1) is 17.6 Å². The van der Waals surface area contributed by atoms with Crippen molar-refractivity contribution in [2.24, 2.45) is 0 Å². The summed E-state index contributed by atoms with van der Waals surface area (Å²) >= 11 is 0. The van der Waals surface area contributed by atoms with Crippen LogP contribution in [0.4, 0.5) is 0 Å². The van der Waals surface area contributed by atoms with Crippen LogP contribution in [0.3, 0.4) is 0 Å². The molecule has 0 aliphatic carbocycles. The second-order valence-electron chi connectivity index (χ2n) is 6.05. The van der Waals surface area contributed by atoms with Crippen molar-refractivity contribution in [2.75, 3.05) is 28.3 Å². The van der Waals surface area contributed by atoms with Crippen LogP contribution < -0.4 is 0 Å². The van der Waals surface area contributed by atoms with Gasteiger partial charge in [-0.15, -0.1) is 0 Å². The topological polar surface area (TPSA) is 93.2 Å². The molecular weight excluding hydrogens is 384 g/mol. The minimum absolute atomic E-state index is 0.0441. The Morgan fingerprint density at radius 1 is 0.929 bits per heavy atom. The van der Waals surface area contributed by atoms with Gasteiger partial charge in [0.2, 0.25) is 6.10 Å². The molecule has 2 aromatic rings. The summed E-state index contributed by atoms with van der Waals surface area (Å²) in [6, 6.07) is 13.8. The average Bonchev–Trinajstić information content (AvgIpc) is 2.71. The van der Waals surface area contributed by atoms with E-state index in [1.54, 1.807) is 44.4 Å². The summed E-state index contributed by atoms with van der Waals surface area (Å²) in [5.41, 5.74) is 0.655. The molecule has 1 amide bonds. The maximum Gasteiger partial charge on any atom is 0.339 e. The molecule has 9 heteroatoms. The van der Waals surface area contributed by atoms with Crippen LogP contribution in [0.15, 0.2) is 59.5 Å². The van der Waals surface area contributed by atoms with Gasteiger partial charge in [0.1, 0.15) is 0 Å².